The van der Waals surface area contributed by atoms with Crippen LogP contribution in [0.1, 0.15) is 42.1 Å². The number of rotatable bonds is 6. The Bertz CT molecular complexity index is 6770. The van der Waals surface area contributed by atoms with Crippen LogP contribution in [0.5, 0.6) is 0 Å². The van der Waals surface area contributed by atoms with Crippen molar-refractivity contribution in [1.29, 1.82) is 0 Å². The fourth-order valence-electron chi connectivity index (χ4n) is 16.2. The Morgan fingerprint density at radius 2 is 0.827 bits per heavy atom. The first-order chi connectivity index (χ1) is 63.1. The second-order valence-electron chi connectivity index (χ2n) is 30.6. The van der Waals surface area contributed by atoms with Crippen LogP contribution in [0.3, 0.4) is 0 Å². The molecule has 9 aliphatic heterocycles. The number of imidazole rings is 1. The second kappa shape index (κ2) is 36.9. The molecule has 9 fully saturated rings. The molecule has 68 heteroatoms. The summed E-state index contributed by atoms with van der Waals surface area (Å²) in [5.41, 5.74) is 30.0. The topological polar surface area (TPSA) is 653 Å². The molecule has 9 saturated heterocycles. The van der Waals surface area contributed by atoms with Gasteiger partial charge in [-0.05, 0) is 101 Å². The van der Waals surface area contributed by atoms with Crippen LogP contribution in [0.4, 0.5) is 50.9 Å². The maximum absolute atomic E-state index is 16.1. The van der Waals surface area contributed by atoms with E-state index >= 15 is 22.0 Å². The lowest BCUT2D eigenvalue weighted by Crippen LogP contribution is -2.34. The van der Waals surface area contributed by atoms with E-state index in [1.54, 1.807) is 53.2 Å². The number of nitrogens with two attached hydrogens (primary N) is 5. The maximum atomic E-state index is 16.1. The number of thiol groups is 1. The van der Waals surface area contributed by atoms with Gasteiger partial charge in [0.05, 0.1) is 68.1 Å². The van der Waals surface area contributed by atoms with Gasteiger partial charge in [-0.25, -0.2) is 55.8 Å². The number of pyridine rings is 4. The number of aromatic nitrogens is 19. The third-order valence-corrected chi connectivity index (χ3v) is 34.6. The Labute approximate surface area is 778 Å². The van der Waals surface area contributed by atoms with Crippen molar-refractivity contribution in [1.82, 2.24) is 93.1 Å². The molecule has 6 bridgehead atoms. The number of alkyl halides is 5. The SMILES string of the molecule is Nc1ccnc2c1ccn2[C@@H]1O[C@@H]2COP(O)(=S)O[C@@H]3C[C@@H](COP(=O)(S)O[C@H]2[C@@H]1F)O[C@H]3n1cnc2c(=O)[nH]ccc21.Nc1nc2c(nnn2[C@@H]2S[C@@H]3COP(O)(=S)O[C@H]4[C@H](F)[C@H](n5ccc6c(N)ccnc65)O[C@@H]4COP(O)(=S)O[C@@H]2[C@@H]3F)c(=O)[nH]1.Nc1nc2c(nnn2[C@@H]2S[C@@H]3COP(O)(=S)O[C@H]4[C@H](F)[C@H](n5ccc6c(N)ccnc65)O[C@@H]4COP(O)(=S)O[C@@H]2[C@@H]3F)c(=O)[nH]1. The van der Waals surface area contributed by atoms with Gasteiger partial charge in [-0.15, -0.1) is 33.7 Å². The molecule has 18 N–H and O–H groups in total. The van der Waals surface area contributed by atoms with E-state index in [4.69, 9.17) is 161 Å². The monoisotopic (exact) mass is 2120 g/mol. The molecular weight excluding hydrogens is 2050 g/mol. The van der Waals surface area contributed by atoms with Crippen LogP contribution in [0, 0.1) is 0 Å². The number of hydrogen-bond donors (Lipinski definition) is 14. The van der Waals surface area contributed by atoms with E-state index in [0.29, 0.717) is 55.7 Å². The molecule has 29 atom stereocenters. The van der Waals surface area contributed by atoms with Crippen molar-refractivity contribution in [3.63, 3.8) is 0 Å². The lowest BCUT2D eigenvalue weighted by molar-refractivity contribution is -0.0581. The molecular formula is C65H71F5N24O25P6S8. The van der Waals surface area contributed by atoms with E-state index < -0.39 is 228 Å². The highest BCUT2D eigenvalue weighted by molar-refractivity contribution is 8.44. The fourth-order valence-corrected chi connectivity index (χ4v) is 28.1. The molecule has 0 radical (unpaired) electrons. The summed E-state index contributed by atoms with van der Waals surface area (Å²) in [7, 11) is 0. The van der Waals surface area contributed by atoms with Crippen molar-refractivity contribution in [2.75, 3.05) is 68.3 Å². The third kappa shape index (κ3) is 19.0. The van der Waals surface area contributed by atoms with Gasteiger partial charge in [-0.3, -0.25) is 51.5 Å². The molecule has 49 nitrogen and oxygen atoms in total. The smallest absolute Gasteiger partial charge is 0.386 e. The predicted octanol–water partition coefficient (Wildman–Crippen LogP) is 5.29. The highest BCUT2D eigenvalue weighted by atomic mass is 32.7. The number of nitrogens with zero attached hydrogens (tertiary/aromatic N) is 16. The van der Waals surface area contributed by atoms with Gasteiger partial charge in [0, 0.05) is 83.0 Å². The van der Waals surface area contributed by atoms with Gasteiger partial charge < -0.3 is 122 Å². The molecule has 714 valence electrons. The number of aromatic amines is 3. The number of nitrogen functional groups attached to an aromatic ring is 5. The van der Waals surface area contributed by atoms with E-state index in [2.05, 4.69) is 77.7 Å². The van der Waals surface area contributed by atoms with Crippen LogP contribution in [0.2, 0.25) is 0 Å². The largest absolute Gasteiger partial charge is 0.398 e. The molecule has 9 aliphatic rings. The van der Waals surface area contributed by atoms with Crippen LogP contribution in [-0.4, -0.2) is 260 Å². The van der Waals surface area contributed by atoms with Gasteiger partial charge in [-0.2, -0.15) is 9.97 Å². The number of hydrogen-bond acceptors (Lipinski definition) is 42. The van der Waals surface area contributed by atoms with Crippen molar-refractivity contribution >= 4 is 231 Å². The molecule has 133 heavy (non-hydrogen) atoms. The van der Waals surface area contributed by atoms with Crippen molar-refractivity contribution in [3.05, 3.63) is 123 Å². The fraction of sp³-hybridized carbons (Fsp3) is 0.462. The Hall–Kier alpha value is -6.61. The molecule has 0 amide bonds. The number of H-pyrrole nitrogens is 3. The summed E-state index contributed by atoms with van der Waals surface area (Å²) in [6.45, 7) is -28.3. The molecule has 6 unspecified atom stereocenters. The number of anilines is 5. The highest BCUT2D eigenvalue weighted by Gasteiger charge is 2.58. The number of fused-ring (bicyclic) bond motifs is 15. The summed E-state index contributed by atoms with van der Waals surface area (Å²) in [5, 5.41) is 12.7. The van der Waals surface area contributed by atoms with Crippen LogP contribution < -0.4 is 45.3 Å². The van der Waals surface area contributed by atoms with Crippen molar-refractivity contribution in [2.45, 2.75) is 144 Å². The number of nitrogens with one attached hydrogen (secondary N) is 3. The quantitative estimate of drug-likeness (QED) is 0.0571. The summed E-state index contributed by atoms with van der Waals surface area (Å²) in [5.74, 6) is -0.487. The van der Waals surface area contributed by atoms with Crippen LogP contribution in [0.25, 0.3) is 66.5 Å². The van der Waals surface area contributed by atoms with Gasteiger partial charge >= 0.3 is 40.4 Å². The highest BCUT2D eigenvalue weighted by Crippen LogP contribution is 2.63. The summed E-state index contributed by atoms with van der Waals surface area (Å²) >= 11 is 31.9. The van der Waals surface area contributed by atoms with Crippen molar-refractivity contribution < 1.29 is 124 Å². The first-order valence-corrected chi connectivity index (χ1v) is 56.6. The molecule has 21 rings (SSSR count). The van der Waals surface area contributed by atoms with Gasteiger partial charge in [0.1, 0.15) is 95.0 Å². The normalized spacial score (nSPS) is 37.5. The zero-order valence-electron chi connectivity index (χ0n) is 66.7. The van der Waals surface area contributed by atoms with E-state index in [1.807, 2.05) is 0 Å². The van der Waals surface area contributed by atoms with Crippen LogP contribution >= 0.6 is 76.2 Å². The zero-order valence-corrected chi connectivity index (χ0v) is 78.7. The minimum absolute atomic E-state index is 0.0870. The van der Waals surface area contributed by atoms with Gasteiger partial charge in [0.2, 0.25) is 11.9 Å². The summed E-state index contributed by atoms with van der Waals surface area (Å²) in [4.78, 5) is 124. The first-order valence-electron chi connectivity index (χ1n) is 39.1. The van der Waals surface area contributed by atoms with Crippen molar-refractivity contribution in [2.24, 2.45) is 0 Å². The average molecular weight is 2130 g/mol. The van der Waals surface area contributed by atoms with E-state index in [0.717, 1.165) is 32.9 Å². The van der Waals surface area contributed by atoms with E-state index in [-0.39, 0.29) is 52.8 Å². The number of halogens is 5. The lowest BCUT2D eigenvalue weighted by atomic mass is 10.1. The standard InChI is InChI=1S/C23H25FN6O9P2S2.2C21H23F2N9O8P2S3/c24-17-19-16(37-23(17)29-6-3-12-13(25)1-4-26-20(12)29)9-35-40(32,42)38-15-7-11(8-34-41(33,43)39-19)36-22(15)30-10-28-18-14(30)2-5-27-21(18)31;2*22-11-10-6-37-42(35,44)39-14-9(38-19(12(14)23)31-4-2-7-8(24)1-3-26-16(7)31)5-36-41(34,43)40-15(11)20(45-10)32-17-13(29-30-32)18(33)28-21(25)27-17/h1-6,10-11,15-17,19,22-23H,7-9H2,(H2,25,26)(H,27,31)(H,32,42)(H,33,43);2*1-4,9-12,14-15,19-20H,5-6H2,(H2,24,26)(H,34,43)(H,35,44)(H3,25,27,28,33)/t11-,15+,16+,17-,19+,22+,23+,40?,41?;2*9-,10-,11-,12+,14-,15-,19-,20-,41?,42?/m011/s1. The molecule has 0 spiro atoms. The number of ether oxygens (including phenoxy) is 4. The Balaban J connectivity index is 0.000000129. The third-order valence-electron chi connectivity index (χ3n) is 22.2. The van der Waals surface area contributed by atoms with Crippen molar-refractivity contribution in [3.8, 4) is 0 Å². The van der Waals surface area contributed by atoms with E-state index in [1.165, 1.54) is 57.2 Å². The minimum Gasteiger partial charge on any atom is -0.398 e. The van der Waals surface area contributed by atoms with E-state index in [9.17, 15) is 43.4 Å². The Morgan fingerprint density at radius 1 is 0.436 bits per heavy atom. The first kappa shape index (κ1) is 95.3. The predicted molar refractivity (Wildman–Crippen MR) is 483 cm³/mol. The molecule has 0 saturated carbocycles. The second-order valence-corrected chi connectivity index (χ2v) is 50.1. The zero-order chi connectivity index (χ0) is 93.8. The maximum Gasteiger partial charge on any atom is 0.386 e. The molecule has 12 aromatic rings. The Kier molecular flexibility index (Phi) is 26.4. The lowest BCUT2D eigenvalue weighted by Gasteiger charge is -2.27. The molecule has 0 aliphatic carbocycles. The van der Waals surface area contributed by atoms with Crippen LogP contribution in [-0.2, 0) is 137 Å². The van der Waals surface area contributed by atoms with Gasteiger partial charge in [-0.1, -0.05) is 22.7 Å². The van der Waals surface area contributed by atoms with Gasteiger partial charge in [0.15, 0.2) is 71.3 Å². The molecule has 21 heterocycles. The minimum atomic E-state index is -4.29. The number of thioether (sulfide) groups is 2. The molecule has 12 aromatic heterocycles. The molecule has 0 aromatic carbocycles. The summed E-state index contributed by atoms with van der Waals surface area (Å²) in [6, 6.07) is 11.4. The summed E-state index contributed by atoms with van der Waals surface area (Å²) in [6.07, 6.45) is -15.7. The average Bonchev–Trinajstić information content (AvgIpc) is 1.63. The Morgan fingerprint density at radius 3 is 1.25 bits per heavy atom. The van der Waals surface area contributed by atoms with Gasteiger partial charge in [0.25, 0.3) is 16.7 Å². The summed E-state index contributed by atoms with van der Waals surface area (Å²) < 4.78 is 192. The van der Waals surface area contributed by atoms with Crippen LogP contribution in [0.15, 0.2) is 107 Å².